The number of hydrogen-bond acceptors (Lipinski definition) is 5. The summed E-state index contributed by atoms with van der Waals surface area (Å²) in [5, 5.41) is 2.77. The van der Waals surface area contributed by atoms with Crippen molar-refractivity contribution in [1.29, 1.82) is 0 Å². The lowest BCUT2D eigenvalue weighted by atomic mass is 10.1. The van der Waals surface area contributed by atoms with Crippen molar-refractivity contribution in [3.05, 3.63) is 23.8 Å². The highest BCUT2D eigenvalue weighted by Crippen LogP contribution is 2.26. The molecular weight excluding hydrogens is 322 g/mol. The molecule has 0 aliphatic carbocycles. The first-order valence-corrected chi connectivity index (χ1v) is 8.68. The number of esters is 1. The van der Waals surface area contributed by atoms with Gasteiger partial charge in [0.2, 0.25) is 0 Å². The van der Waals surface area contributed by atoms with Crippen molar-refractivity contribution < 1.29 is 23.8 Å². The molecule has 1 amide bonds. The number of hydrogen-bond donors (Lipinski definition) is 1. The summed E-state index contributed by atoms with van der Waals surface area (Å²) in [6.07, 6.45) is 0.772. The lowest BCUT2D eigenvalue weighted by molar-refractivity contribution is -0.136. The van der Waals surface area contributed by atoms with Crippen LogP contribution in [0.15, 0.2) is 18.2 Å². The second kappa shape index (κ2) is 9.42. The van der Waals surface area contributed by atoms with Crippen LogP contribution in [0.5, 0.6) is 5.75 Å². The molecule has 1 aromatic rings. The smallest absolute Gasteiger partial charge is 0.341 e. The molecule has 0 saturated carbocycles. The molecule has 1 rings (SSSR count). The average molecular weight is 351 g/mol. The third-order valence-corrected chi connectivity index (χ3v) is 3.69. The minimum absolute atomic E-state index is 0.0366. The van der Waals surface area contributed by atoms with E-state index in [9.17, 15) is 9.59 Å². The van der Waals surface area contributed by atoms with Gasteiger partial charge < -0.3 is 19.5 Å². The quantitative estimate of drug-likeness (QED) is 0.685. The maximum absolute atomic E-state index is 12.4. The van der Waals surface area contributed by atoms with E-state index in [1.165, 1.54) is 0 Å². The summed E-state index contributed by atoms with van der Waals surface area (Å²) in [5.74, 6) is -0.337. The van der Waals surface area contributed by atoms with E-state index in [-0.39, 0.29) is 24.2 Å². The van der Waals surface area contributed by atoms with Gasteiger partial charge in [0.15, 0.2) is 0 Å². The molecule has 25 heavy (non-hydrogen) atoms. The summed E-state index contributed by atoms with van der Waals surface area (Å²) in [6.45, 7) is 11.6. The fourth-order valence-electron chi connectivity index (χ4n) is 2.09. The van der Waals surface area contributed by atoms with Gasteiger partial charge in [-0.05, 0) is 59.2 Å². The summed E-state index contributed by atoms with van der Waals surface area (Å²) < 4.78 is 16.3. The van der Waals surface area contributed by atoms with Crippen LogP contribution in [0.3, 0.4) is 0 Å². The molecule has 0 aliphatic heterocycles. The second-order valence-electron chi connectivity index (χ2n) is 6.17. The van der Waals surface area contributed by atoms with Crippen LogP contribution in [0.25, 0.3) is 0 Å². The van der Waals surface area contributed by atoms with Gasteiger partial charge in [-0.3, -0.25) is 4.79 Å². The van der Waals surface area contributed by atoms with Gasteiger partial charge in [-0.2, -0.15) is 0 Å². The largest absolute Gasteiger partial charge is 0.490 e. The number of benzene rings is 1. The highest BCUT2D eigenvalue weighted by Gasteiger charge is 2.28. The Kier molecular flexibility index (Phi) is 7.90. The summed E-state index contributed by atoms with van der Waals surface area (Å²) in [7, 11) is 0. The third kappa shape index (κ3) is 6.05. The van der Waals surface area contributed by atoms with Crippen molar-refractivity contribution in [1.82, 2.24) is 0 Å². The maximum atomic E-state index is 12.4. The van der Waals surface area contributed by atoms with Crippen molar-refractivity contribution in [3.63, 3.8) is 0 Å². The Hall–Kier alpha value is -2.08. The molecule has 0 spiro atoms. The predicted molar refractivity (Wildman–Crippen MR) is 97.1 cm³/mol. The van der Waals surface area contributed by atoms with Gasteiger partial charge in [-0.25, -0.2) is 4.79 Å². The summed E-state index contributed by atoms with van der Waals surface area (Å²) >= 11 is 0. The lowest BCUT2D eigenvalue weighted by Gasteiger charge is -2.24. The molecule has 6 nitrogen and oxygen atoms in total. The van der Waals surface area contributed by atoms with Gasteiger partial charge in [-0.15, -0.1) is 0 Å². The van der Waals surface area contributed by atoms with E-state index in [0.717, 1.165) is 6.42 Å². The Labute approximate surface area is 149 Å². The van der Waals surface area contributed by atoms with Gasteiger partial charge in [0.25, 0.3) is 5.91 Å². The van der Waals surface area contributed by atoms with Crippen LogP contribution in [0.1, 0.15) is 58.3 Å². The van der Waals surface area contributed by atoms with Crippen LogP contribution in [0, 0.1) is 0 Å². The van der Waals surface area contributed by atoms with Gasteiger partial charge in [-0.1, -0.05) is 6.92 Å². The Bertz CT molecular complexity index is 597. The molecule has 0 radical (unpaired) electrons. The molecule has 0 aromatic heterocycles. The molecule has 1 aromatic carbocycles. The normalized spacial score (nSPS) is 12.4. The van der Waals surface area contributed by atoms with Gasteiger partial charge in [0, 0.05) is 12.3 Å². The molecule has 1 unspecified atom stereocenters. The molecular formula is C19H29NO5. The third-order valence-electron chi connectivity index (χ3n) is 3.69. The molecule has 140 valence electrons. The van der Waals surface area contributed by atoms with E-state index < -0.39 is 11.6 Å². The molecule has 0 saturated heterocycles. The first-order valence-electron chi connectivity index (χ1n) is 8.68. The monoisotopic (exact) mass is 351 g/mol. The Balaban J connectivity index is 3.08. The Morgan fingerprint density at radius 2 is 1.84 bits per heavy atom. The van der Waals surface area contributed by atoms with E-state index in [1.807, 2.05) is 20.8 Å². The molecule has 0 heterocycles. The SMILES string of the molecule is CCOC(=O)c1cc(NC(=O)C(C)(C)OCC)ccc1OC(C)CC. The van der Waals surface area contributed by atoms with Crippen LogP contribution in [-0.2, 0) is 14.3 Å². The summed E-state index contributed by atoms with van der Waals surface area (Å²) in [5.41, 5.74) is -0.198. The van der Waals surface area contributed by atoms with Crippen LogP contribution in [0.4, 0.5) is 5.69 Å². The molecule has 1 atom stereocenters. The minimum Gasteiger partial charge on any atom is -0.490 e. The maximum Gasteiger partial charge on any atom is 0.341 e. The van der Waals surface area contributed by atoms with Crippen LogP contribution in [-0.4, -0.2) is 36.8 Å². The average Bonchev–Trinajstić information content (AvgIpc) is 2.56. The number of carbonyl (C=O) groups is 2. The lowest BCUT2D eigenvalue weighted by Crippen LogP contribution is -2.39. The molecule has 6 heteroatoms. The van der Waals surface area contributed by atoms with Gasteiger partial charge in [0.1, 0.15) is 16.9 Å². The van der Waals surface area contributed by atoms with Crippen LogP contribution < -0.4 is 10.1 Å². The molecule has 0 fully saturated rings. The summed E-state index contributed by atoms with van der Waals surface area (Å²) in [6, 6.07) is 4.93. The van der Waals surface area contributed by atoms with Crippen molar-refractivity contribution in [2.24, 2.45) is 0 Å². The molecule has 1 N–H and O–H groups in total. The minimum atomic E-state index is -0.968. The fraction of sp³-hybridized carbons (Fsp3) is 0.579. The zero-order valence-corrected chi connectivity index (χ0v) is 16.0. The van der Waals surface area contributed by atoms with E-state index in [0.29, 0.717) is 18.0 Å². The highest BCUT2D eigenvalue weighted by molar-refractivity contribution is 5.99. The van der Waals surface area contributed by atoms with Crippen molar-refractivity contribution in [2.45, 2.75) is 59.7 Å². The number of carbonyl (C=O) groups excluding carboxylic acids is 2. The van der Waals surface area contributed by atoms with E-state index in [4.69, 9.17) is 14.2 Å². The number of nitrogens with one attached hydrogen (secondary N) is 1. The van der Waals surface area contributed by atoms with Crippen molar-refractivity contribution in [2.75, 3.05) is 18.5 Å². The number of rotatable bonds is 9. The Morgan fingerprint density at radius 1 is 1.16 bits per heavy atom. The fourth-order valence-corrected chi connectivity index (χ4v) is 2.09. The predicted octanol–water partition coefficient (Wildman–Crippen LogP) is 3.79. The zero-order valence-electron chi connectivity index (χ0n) is 16.0. The van der Waals surface area contributed by atoms with Crippen LogP contribution >= 0.6 is 0 Å². The Morgan fingerprint density at radius 3 is 2.40 bits per heavy atom. The second-order valence-corrected chi connectivity index (χ2v) is 6.17. The molecule has 0 bridgehead atoms. The number of amides is 1. The first-order chi connectivity index (χ1) is 11.7. The van der Waals surface area contributed by atoms with E-state index in [1.54, 1.807) is 39.0 Å². The van der Waals surface area contributed by atoms with E-state index >= 15 is 0 Å². The standard InChI is InChI=1S/C19H29NO5/c1-7-13(4)25-16-11-10-14(12-15(16)17(21)23-8-2)20-18(22)19(5,6)24-9-3/h10-13H,7-9H2,1-6H3,(H,20,22). The van der Waals surface area contributed by atoms with E-state index in [2.05, 4.69) is 5.32 Å². The molecule has 0 aliphatic rings. The summed E-state index contributed by atoms with van der Waals surface area (Å²) in [4.78, 5) is 24.6. The van der Waals surface area contributed by atoms with Crippen molar-refractivity contribution in [3.8, 4) is 5.75 Å². The van der Waals surface area contributed by atoms with Crippen molar-refractivity contribution >= 4 is 17.6 Å². The van der Waals surface area contributed by atoms with Gasteiger partial charge in [0.05, 0.1) is 12.7 Å². The zero-order chi connectivity index (χ0) is 19.0. The topological polar surface area (TPSA) is 73.9 Å². The first kappa shape index (κ1) is 21.0. The number of ether oxygens (including phenoxy) is 3. The van der Waals surface area contributed by atoms with Crippen LogP contribution in [0.2, 0.25) is 0 Å². The van der Waals surface area contributed by atoms with Gasteiger partial charge >= 0.3 is 5.97 Å². The number of anilines is 1. The highest BCUT2D eigenvalue weighted by atomic mass is 16.5.